The van der Waals surface area contributed by atoms with E-state index in [-0.39, 0.29) is 5.91 Å². The normalized spacial score (nSPS) is 10.3. The maximum Gasteiger partial charge on any atom is 0.224 e. The number of aryl methyl sites for hydroxylation is 2. The first-order valence-electron chi connectivity index (χ1n) is 7.83. The zero-order chi connectivity index (χ0) is 17.5. The van der Waals surface area contributed by atoms with Gasteiger partial charge in [0.25, 0.3) is 0 Å². The Bertz CT molecular complexity index is 716. The van der Waals surface area contributed by atoms with Gasteiger partial charge in [-0.3, -0.25) is 4.79 Å². The average molecular weight is 348 g/mol. The molecule has 0 heterocycles. The lowest BCUT2D eigenvalue weighted by atomic mass is 10.1. The van der Waals surface area contributed by atoms with E-state index in [9.17, 15) is 4.79 Å². The van der Waals surface area contributed by atoms with E-state index in [1.807, 2.05) is 26.0 Å². The fourth-order valence-corrected chi connectivity index (χ4v) is 2.60. The molecule has 0 aliphatic heterocycles. The van der Waals surface area contributed by atoms with Crippen molar-refractivity contribution in [3.8, 4) is 11.5 Å². The molecule has 0 bridgehead atoms. The number of hydrogen-bond acceptors (Lipinski definition) is 3. The summed E-state index contributed by atoms with van der Waals surface area (Å²) in [5.74, 6) is 1.37. The van der Waals surface area contributed by atoms with Crippen molar-refractivity contribution in [1.82, 2.24) is 0 Å². The summed E-state index contributed by atoms with van der Waals surface area (Å²) in [5, 5.41) is 3.28. The number of amides is 1. The highest BCUT2D eigenvalue weighted by atomic mass is 35.5. The number of methoxy groups -OCH3 is 1. The largest absolute Gasteiger partial charge is 0.495 e. The van der Waals surface area contributed by atoms with Crippen LogP contribution in [0.3, 0.4) is 0 Å². The molecule has 0 atom stereocenters. The molecule has 2 aromatic rings. The molecule has 0 fully saturated rings. The molecule has 24 heavy (non-hydrogen) atoms. The summed E-state index contributed by atoms with van der Waals surface area (Å²) in [4.78, 5) is 12.0. The number of nitrogens with one attached hydrogen (secondary N) is 1. The van der Waals surface area contributed by atoms with Crippen molar-refractivity contribution in [3.63, 3.8) is 0 Å². The van der Waals surface area contributed by atoms with Crippen molar-refractivity contribution in [2.75, 3.05) is 19.0 Å². The van der Waals surface area contributed by atoms with Crippen molar-refractivity contribution in [1.29, 1.82) is 0 Å². The quantitative estimate of drug-likeness (QED) is 0.734. The Hall–Kier alpha value is -2.20. The lowest BCUT2D eigenvalue weighted by molar-refractivity contribution is -0.116. The van der Waals surface area contributed by atoms with Crippen molar-refractivity contribution in [2.24, 2.45) is 0 Å². The van der Waals surface area contributed by atoms with Crippen LogP contribution in [0.25, 0.3) is 0 Å². The monoisotopic (exact) mass is 347 g/mol. The van der Waals surface area contributed by atoms with Crippen LogP contribution in [0, 0.1) is 13.8 Å². The van der Waals surface area contributed by atoms with Crippen molar-refractivity contribution >= 4 is 23.2 Å². The highest BCUT2D eigenvalue weighted by Gasteiger charge is 2.06. The lowest BCUT2D eigenvalue weighted by Gasteiger charge is -2.10. The summed E-state index contributed by atoms with van der Waals surface area (Å²) in [6.45, 7) is 4.57. The van der Waals surface area contributed by atoms with Crippen LogP contribution in [0.1, 0.15) is 24.0 Å². The third-order valence-corrected chi connectivity index (χ3v) is 3.87. The first kappa shape index (κ1) is 18.1. The first-order chi connectivity index (χ1) is 11.5. The van der Waals surface area contributed by atoms with E-state index in [0.29, 0.717) is 35.9 Å². The van der Waals surface area contributed by atoms with Crippen LogP contribution >= 0.6 is 11.6 Å². The van der Waals surface area contributed by atoms with Crippen LogP contribution < -0.4 is 14.8 Å². The molecule has 0 aromatic heterocycles. The third-order valence-electron chi connectivity index (χ3n) is 3.57. The first-order valence-corrected chi connectivity index (χ1v) is 8.21. The zero-order valence-corrected chi connectivity index (χ0v) is 14.9. The van der Waals surface area contributed by atoms with Crippen LogP contribution in [0.15, 0.2) is 36.4 Å². The Kier molecular flexibility index (Phi) is 6.50. The van der Waals surface area contributed by atoms with Crippen LogP contribution in [0.4, 0.5) is 5.69 Å². The van der Waals surface area contributed by atoms with Gasteiger partial charge in [0.15, 0.2) is 0 Å². The topological polar surface area (TPSA) is 47.6 Å². The average Bonchev–Trinajstić information content (AvgIpc) is 2.53. The van der Waals surface area contributed by atoms with Crippen molar-refractivity contribution in [3.05, 3.63) is 52.5 Å². The minimum Gasteiger partial charge on any atom is -0.495 e. The Balaban J connectivity index is 1.76. The highest BCUT2D eigenvalue weighted by Crippen LogP contribution is 2.27. The maximum absolute atomic E-state index is 12.0. The zero-order valence-electron chi connectivity index (χ0n) is 14.2. The minimum absolute atomic E-state index is 0.0690. The van der Waals surface area contributed by atoms with Gasteiger partial charge in [0, 0.05) is 12.1 Å². The number of anilines is 1. The van der Waals surface area contributed by atoms with Gasteiger partial charge in [-0.25, -0.2) is 0 Å². The second-order valence-electron chi connectivity index (χ2n) is 5.62. The van der Waals surface area contributed by atoms with E-state index in [4.69, 9.17) is 21.1 Å². The SMILES string of the molecule is COc1ccc(NC(=O)CCCOc2ccc(C)cc2C)cc1Cl. The highest BCUT2D eigenvalue weighted by molar-refractivity contribution is 6.32. The molecule has 4 nitrogen and oxygen atoms in total. The molecule has 2 rings (SSSR count). The number of carbonyl (C=O) groups excluding carboxylic acids is 1. The summed E-state index contributed by atoms with van der Waals surface area (Å²) in [6.07, 6.45) is 1.03. The second kappa shape index (κ2) is 8.60. The van der Waals surface area contributed by atoms with Crippen LogP contribution in [-0.4, -0.2) is 19.6 Å². The Morgan fingerprint density at radius 1 is 1.12 bits per heavy atom. The predicted molar refractivity (Wildman–Crippen MR) is 97.3 cm³/mol. The molecule has 0 spiro atoms. The summed E-state index contributed by atoms with van der Waals surface area (Å²) in [6, 6.07) is 11.2. The molecule has 128 valence electrons. The molecule has 5 heteroatoms. The molecule has 2 aromatic carbocycles. The number of ether oxygens (including phenoxy) is 2. The van der Waals surface area contributed by atoms with E-state index in [1.165, 1.54) is 5.56 Å². The summed E-state index contributed by atoms with van der Waals surface area (Å²) >= 11 is 6.04. The molecule has 0 saturated carbocycles. The van der Waals surface area contributed by atoms with Crippen LogP contribution in [0.2, 0.25) is 5.02 Å². The molecule has 1 N–H and O–H groups in total. The van der Waals surface area contributed by atoms with Gasteiger partial charge in [-0.1, -0.05) is 29.3 Å². The second-order valence-corrected chi connectivity index (χ2v) is 6.03. The van der Waals surface area contributed by atoms with E-state index >= 15 is 0 Å². The van der Waals surface area contributed by atoms with E-state index in [0.717, 1.165) is 11.3 Å². The molecule has 0 unspecified atom stereocenters. The number of benzene rings is 2. The number of carbonyl (C=O) groups is 1. The Morgan fingerprint density at radius 3 is 2.54 bits per heavy atom. The number of hydrogen-bond donors (Lipinski definition) is 1. The van der Waals surface area contributed by atoms with Gasteiger partial charge in [0.1, 0.15) is 11.5 Å². The molecule has 1 amide bonds. The summed E-state index contributed by atoms with van der Waals surface area (Å²) in [7, 11) is 1.55. The van der Waals surface area contributed by atoms with Gasteiger partial charge in [-0.05, 0) is 50.1 Å². The Morgan fingerprint density at radius 2 is 1.88 bits per heavy atom. The van der Waals surface area contributed by atoms with Gasteiger partial charge < -0.3 is 14.8 Å². The fraction of sp³-hybridized carbons (Fsp3) is 0.316. The number of rotatable bonds is 7. The van der Waals surface area contributed by atoms with Gasteiger partial charge in [0.05, 0.1) is 18.7 Å². The molecular weight excluding hydrogens is 326 g/mol. The van der Waals surface area contributed by atoms with Gasteiger partial charge in [0.2, 0.25) is 5.91 Å². The fourth-order valence-electron chi connectivity index (χ4n) is 2.34. The summed E-state index contributed by atoms with van der Waals surface area (Å²) < 4.78 is 10.8. The smallest absolute Gasteiger partial charge is 0.224 e. The third kappa shape index (κ3) is 5.17. The standard InChI is InChI=1S/C19H22ClNO3/c1-13-6-8-17(14(2)11-13)24-10-4-5-19(22)21-15-7-9-18(23-3)16(20)12-15/h6-9,11-12H,4-5,10H2,1-3H3,(H,21,22). The maximum atomic E-state index is 12.0. The van der Waals surface area contributed by atoms with E-state index in [1.54, 1.807) is 25.3 Å². The van der Waals surface area contributed by atoms with Gasteiger partial charge in [-0.2, -0.15) is 0 Å². The lowest BCUT2D eigenvalue weighted by Crippen LogP contribution is -2.13. The summed E-state index contributed by atoms with van der Waals surface area (Å²) in [5.41, 5.74) is 2.96. The van der Waals surface area contributed by atoms with E-state index < -0.39 is 0 Å². The van der Waals surface area contributed by atoms with Crippen LogP contribution in [0.5, 0.6) is 11.5 Å². The molecule has 0 radical (unpaired) electrons. The van der Waals surface area contributed by atoms with Crippen molar-refractivity contribution in [2.45, 2.75) is 26.7 Å². The molecule has 0 aliphatic rings. The Labute approximate surface area is 147 Å². The van der Waals surface area contributed by atoms with Gasteiger partial charge in [-0.15, -0.1) is 0 Å². The predicted octanol–water partition coefficient (Wildman–Crippen LogP) is 4.76. The van der Waals surface area contributed by atoms with Crippen molar-refractivity contribution < 1.29 is 14.3 Å². The molecule has 0 saturated heterocycles. The van der Waals surface area contributed by atoms with E-state index in [2.05, 4.69) is 11.4 Å². The number of halogens is 1. The van der Waals surface area contributed by atoms with Crippen LogP contribution in [-0.2, 0) is 4.79 Å². The molecule has 0 aliphatic carbocycles. The van der Waals surface area contributed by atoms with Gasteiger partial charge >= 0.3 is 0 Å². The minimum atomic E-state index is -0.0690. The molecular formula is C19H22ClNO3.